The molecule has 2 atom stereocenters. The van der Waals surface area contributed by atoms with Crippen LogP contribution in [0, 0.1) is 6.92 Å². The number of fused-ring (bicyclic) bond motifs is 1. The highest BCUT2D eigenvalue weighted by Crippen LogP contribution is 2.42. The highest BCUT2D eigenvalue weighted by Gasteiger charge is 2.39. The number of alkyl halides is 2. The van der Waals surface area contributed by atoms with Crippen molar-refractivity contribution < 1.29 is 18.3 Å². The first-order valence-corrected chi connectivity index (χ1v) is 8.72. The van der Waals surface area contributed by atoms with Gasteiger partial charge in [-0.3, -0.25) is 4.79 Å². The summed E-state index contributed by atoms with van der Waals surface area (Å²) in [6.45, 7) is 4.93. The van der Waals surface area contributed by atoms with E-state index < -0.39 is 13.0 Å². The molecule has 1 amide bonds. The molecular weight excluding hydrogens is 354 g/mol. The lowest BCUT2D eigenvalue weighted by Gasteiger charge is -2.30. The molecule has 3 heterocycles. The molecular formula is C19H22F2N4O2. The maximum absolute atomic E-state index is 13.0. The first-order valence-electron chi connectivity index (χ1n) is 8.72. The molecule has 0 saturated heterocycles. The van der Waals surface area contributed by atoms with Crippen LogP contribution < -0.4 is 10.1 Å². The van der Waals surface area contributed by atoms with E-state index in [2.05, 4.69) is 15.3 Å². The van der Waals surface area contributed by atoms with E-state index in [1.807, 2.05) is 19.9 Å². The van der Waals surface area contributed by atoms with Crippen molar-refractivity contribution in [2.45, 2.75) is 39.3 Å². The van der Waals surface area contributed by atoms with Crippen LogP contribution in [-0.2, 0) is 0 Å². The van der Waals surface area contributed by atoms with Crippen LogP contribution in [0.25, 0.3) is 0 Å². The van der Waals surface area contributed by atoms with Gasteiger partial charge in [-0.2, -0.15) is 0 Å². The number of hydrogen-bond donors (Lipinski definition) is 1. The minimum absolute atomic E-state index is 0.0698. The van der Waals surface area contributed by atoms with Crippen LogP contribution in [0.3, 0.4) is 0 Å². The fraction of sp³-hybridized carbons (Fsp3) is 0.421. The normalized spacial score (nSPS) is 17.2. The second-order valence-corrected chi connectivity index (χ2v) is 6.53. The maximum atomic E-state index is 13.0. The van der Waals surface area contributed by atoms with Gasteiger partial charge in [-0.25, -0.2) is 18.7 Å². The van der Waals surface area contributed by atoms with Crippen molar-refractivity contribution in [1.29, 1.82) is 0 Å². The van der Waals surface area contributed by atoms with E-state index >= 15 is 0 Å². The molecule has 0 aromatic carbocycles. The van der Waals surface area contributed by atoms with Gasteiger partial charge < -0.3 is 15.0 Å². The zero-order chi connectivity index (χ0) is 19.7. The minimum Gasteiger partial charge on any atom is -0.471 e. The molecule has 3 rings (SSSR count). The fourth-order valence-electron chi connectivity index (χ4n) is 3.51. The Kier molecular flexibility index (Phi) is 5.25. The first-order chi connectivity index (χ1) is 12.8. The molecule has 2 unspecified atom stereocenters. The second kappa shape index (κ2) is 7.46. The third-order valence-electron chi connectivity index (χ3n) is 4.82. The van der Waals surface area contributed by atoms with Crippen LogP contribution in [0.2, 0.25) is 0 Å². The number of halogens is 2. The number of ether oxygens (including phenoxy) is 1. The highest BCUT2D eigenvalue weighted by molar-refractivity contribution is 6.00. The number of hydrogen-bond acceptors (Lipinski definition) is 5. The number of carbonyl (C=O) groups excluding carboxylic acids is 1. The molecule has 0 spiro atoms. The number of aryl methyl sites for hydroxylation is 1. The molecule has 6 nitrogen and oxygen atoms in total. The number of carbonyl (C=O) groups is 1. The average molecular weight is 376 g/mol. The van der Waals surface area contributed by atoms with E-state index in [4.69, 9.17) is 4.74 Å². The number of aromatic nitrogens is 2. The molecule has 2 aromatic heterocycles. The molecule has 2 aromatic rings. The second-order valence-electron chi connectivity index (χ2n) is 6.53. The van der Waals surface area contributed by atoms with Crippen molar-refractivity contribution in [2.24, 2.45) is 0 Å². The van der Waals surface area contributed by atoms with E-state index in [1.54, 1.807) is 37.3 Å². The van der Waals surface area contributed by atoms with E-state index in [-0.39, 0.29) is 23.9 Å². The Morgan fingerprint density at radius 1 is 1.37 bits per heavy atom. The summed E-state index contributed by atoms with van der Waals surface area (Å²) in [7, 11) is 1.78. The molecule has 0 aliphatic carbocycles. The molecule has 1 aliphatic heterocycles. The third kappa shape index (κ3) is 3.43. The lowest BCUT2D eigenvalue weighted by molar-refractivity contribution is 0.0658. The highest BCUT2D eigenvalue weighted by atomic mass is 19.3. The Balaban J connectivity index is 1.87. The maximum Gasteiger partial charge on any atom is 0.272 e. The lowest BCUT2D eigenvalue weighted by atomic mass is 10.0. The van der Waals surface area contributed by atoms with Crippen molar-refractivity contribution in [3.8, 4) is 5.88 Å². The predicted molar refractivity (Wildman–Crippen MR) is 97.3 cm³/mol. The monoisotopic (exact) mass is 376 g/mol. The van der Waals surface area contributed by atoms with Gasteiger partial charge >= 0.3 is 0 Å². The van der Waals surface area contributed by atoms with Crippen LogP contribution in [0.15, 0.2) is 24.5 Å². The summed E-state index contributed by atoms with van der Waals surface area (Å²) in [4.78, 5) is 23.2. The Morgan fingerprint density at radius 2 is 2.11 bits per heavy atom. The van der Waals surface area contributed by atoms with E-state index in [0.29, 0.717) is 16.9 Å². The zero-order valence-corrected chi connectivity index (χ0v) is 15.7. The summed E-state index contributed by atoms with van der Waals surface area (Å²) in [6.07, 6.45) is 0.629. The Labute approximate surface area is 156 Å². The van der Waals surface area contributed by atoms with Crippen molar-refractivity contribution in [2.75, 3.05) is 19.0 Å². The van der Waals surface area contributed by atoms with E-state index in [9.17, 15) is 13.6 Å². The van der Waals surface area contributed by atoms with Crippen LogP contribution in [0.5, 0.6) is 5.88 Å². The summed E-state index contributed by atoms with van der Waals surface area (Å²) in [6, 6.07) is 3.14. The largest absolute Gasteiger partial charge is 0.471 e. The topological polar surface area (TPSA) is 67.3 Å². The standard InChI is InChI=1S/C19H22F2N4O2/c1-10-7-13(8-24-18(10)27-9-15(20)21)11(2)25-12(3)16-14(19(25)26)5-6-23-17(16)22-4/h5-8,11-12,15H,9H2,1-4H3,(H,22,23). The number of amides is 1. The number of nitrogens with one attached hydrogen (secondary N) is 1. The van der Waals surface area contributed by atoms with E-state index in [1.165, 1.54) is 0 Å². The minimum atomic E-state index is -2.55. The predicted octanol–water partition coefficient (Wildman–Crippen LogP) is 3.75. The molecule has 0 bridgehead atoms. The van der Waals surface area contributed by atoms with Crippen molar-refractivity contribution >= 4 is 11.7 Å². The van der Waals surface area contributed by atoms with Gasteiger partial charge in [-0.15, -0.1) is 0 Å². The molecule has 144 valence electrons. The smallest absolute Gasteiger partial charge is 0.272 e. The fourth-order valence-corrected chi connectivity index (χ4v) is 3.51. The van der Waals surface area contributed by atoms with Gasteiger partial charge in [0.15, 0.2) is 6.61 Å². The van der Waals surface area contributed by atoms with Crippen molar-refractivity contribution in [3.63, 3.8) is 0 Å². The summed E-state index contributed by atoms with van der Waals surface area (Å²) in [5, 5.41) is 3.04. The van der Waals surface area contributed by atoms with Gasteiger partial charge in [0.05, 0.1) is 17.6 Å². The quantitative estimate of drug-likeness (QED) is 0.832. The SMILES string of the molecule is CNc1nccc2c1C(C)N(C(C)c1cnc(OCC(F)F)c(C)c1)C2=O. The molecule has 1 aliphatic rings. The van der Waals surface area contributed by atoms with Gasteiger partial charge in [-0.05, 0) is 38.5 Å². The first kappa shape index (κ1) is 19.0. The van der Waals surface area contributed by atoms with Crippen LogP contribution in [-0.4, -0.2) is 40.9 Å². The number of anilines is 1. The van der Waals surface area contributed by atoms with Crippen LogP contribution in [0.1, 0.15) is 53.0 Å². The molecule has 8 heteroatoms. The average Bonchev–Trinajstić information content (AvgIpc) is 2.90. The van der Waals surface area contributed by atoms with Gasteiger partial charge in [0.25, 0.3) is 12.3 Å². The Hall–Kier alpha value is -2.77. The van der Waals surface area contributed by atoms with Crippen LogP contribution >= 0.6 is 0 Å². The van der Waals surface area contributed by atoms with E-state index in [0.717, 1.165) is 11.1 Å². The third-order valence-corrected chi connectivity index (χ3v) is 4.82. The number of pyridine rings is 2. The van der Waals surface area contributed by atoms with Crippen molar-refractivity contribution in [3.05, 3.63) is 46.8 Å². The zero-order valence-electron chi connectivity index (χ0n) is 15.7. The summed E-state index contributed by atoms with van der Waals surface area (Å²) >= 11 is 0. The van der Waals surface area contributed by atoms with Gasteiger partial charge in [0, 0.05) is 30.6 Å². The van der Waals surface area contributed by atoms with Gasteiger partial charge in [0.2, 0.25) is 5.88 Å². The number of nitrogens with zero attached hydrogens (tertiary/aromatic N) is 3. The van der Waals surface area contributed by atoms with Gasteiger partial charge in [-0.1, -0.05) is 0 Å². The lowest BCUT2D eigenvalue weighted by Crippen LogP contribution is -2.30. The summed E-state index contributed by atoms with van der Waals surface area (Å²) < 4.78 is 29.7. The van der Waals surface area contributed by atoms with Gasteiger partial charge in [0.1, 0.15) is 5.82 Å². The Bertz CT molecular complexity index is 860. The molecule has 1 N–H and O–H groups in total. The summed E-state index contributed by atoms with van der Waals surface area (Å²) in [5.74, 6) is 0.796. The molecule has 27 heavy (non-hydrogen) atoms. The van der Waals surface area contributed by atoms with Crippen molar-refractivity contribution in [1.82, 2.24) is 14.9 Å². The number of rotatable bonds is 6. The molecule has 0 saturated carbocycles. The van der Waals surface area contributed by atoms with Crippen LogP contribution in [0.4, 0.5) is 14.6 Å². The molecule has 0 radical (unpaired) electrons. The molecule has 0 fully saturated rings. The Morgan fingerprint density at radius 3 is 2.74 bits per heavy atom. The summed E-state index contributed by atoms with van der Waals surface area (Å²) in [5.41, 5.74) is 2.96.